The first-order valence-corrected chi connectivity index (χ1v) is 7.62. The van der Waals surface area contributed by atoms with Gasteiger partial charge in [-0.15, -0.1) is 0 Å². The molecule has 0 bridgehead atoms. The maximum atomic E-state index is 12.1. The number of halogens is 1. The lowest BCUT2D eigenvalue weighted by molar-refractivity contribution is -0.385. The predicted molar refractivity (Wildman–Crippen MR) is 70.6 cm³/mol. The third-order valence-corrected chi connectivity index (χ3v) is 5.11. The van der Waals surface area contributed by atoms with Gasteiger partial charge >= 0.3 is 0 Å². The Kier molecular flexibility index (Phi) is 3.80. The standard InChI is InChI=1S/C11H13ClN2O4S/c1-7-4-8(5-7)13-19(17,18)11-6-9(14(15)16)2-3-10(11)12/h2-3,6-8,13H,4-5H2,1H3. The highest BCUT2D eigenvalue weighted by Gasteiger charge is 2.31. The van der Waals surface area contributed by atoms with Gasteiger partial charge < -0.3 is 0 Å². The minimum absolute atomic E-state index is 0.0227. The normalized spacial score (nSPS) is 22.8. The molecule has 104 valence electrons. The quantitative estimate of drug-likeness (QED) is 0.683. The highest BCUT2D eigenvalue weighted by Crippen LogP contribution is 2.30. The summed E-state index contributed by atoms with van der Waals surface area (Å²) in [6.07, 6.45) is 1.54. The van der Waals surface area contributed by atoms with Gasteiger partial charge in [-0.3, -0.25) is 10.1 Å². The fourth-order valence-corrected chi connectivity index (χ4v) is 3.87. The molecular formula is C11H13ClN2O4S. The van der Waals surface area contributed by atoms with Gasteiger partial charge in [-0.05, 0) is 24.8 Å². The van der Waals surface area contributed by atoms with E-state index in [1.807, 2.05) is 6.92 Å². The van der Waals surface area contributed by atoms with Gasteiger partial charge in [-0.1, -0.05) is 18.5 Å². The minimum Gasteiger partial charge on any atom is -0.258 e. The molecule has 6 nitrogen and oxygen atoms in total. The number of nitrogens with one attached hydrogen (secondary N) is 1. The number of benzene rings is 1. The van der Waals surface area contributed by atoms with E-state index >= 15 is 0 Å². The van der Waals surface area contributed by atoms with Crippen LogP contribution in [0.3, 0.4) is 0 Å². The van der Waals surface area contributed by atoms with Gasteiger partial charge in [0.05, 0.1) is 9.95 Å². The smallest absolute Gasteiger partial charge is 0.258 e. The molecule has 0 heterocycles. The number of nitro groups is 1. The molecule has 0 atom stereocenters. The van der Waals surface area contributed by atoms with E-state index in [9.17, 15) is 18.5 Å². The Balaban J connectivity index is 2.29. The number of hydrogen-bond donors (Lipinski definition) is 1. The first-order valence-electron chi connectivity index (χ1n) is 5.76. The summed E-state index contributed by atoms with van der Waals surface area (Å²) in [5, 5.41) is 10.6. The van der Waals surface area contributed by atoms with E-state index in [-0.39, 0.29) is 21.6 Å². The highest BCUT2D eigenvalue weighted by atomic mass is 35.5. The second-order valence-corrected chi connectivity index (χ2v) is 6.86. The zero-order chi connectivity index (χ0) is 14.2. The third kappa shape index (κ3) is 3.05. The molecule has 19 heavy (non-hydrogen) atoms. The summed E-state index contributed by atoms with van der Waals surface area (Å²) >= 11 is 5.82. The van der Waals surface area contributed by atoms with E-state index in [1.165, 1.54) is 12.1 Å². The van der Waals surface area contributed by atoms with Crippen LogP contribution in [-0.2, 0) is 10.0 Å². The molecule has 1 aromatic carbocycles. The summed E-state index contributed by atoms with van der Waals surface area (Å²) in [6, 6.07) is 3.26. The van der Waals surface area contributed by atoms with Crippen molar-refractivity contribution >= 4 is 27.3 Å². The largest absolute Gasteiger partial charge is 0.270 e. The number of sulfonamides is 1. The second kappa shape index (κ2) is 5.07. The van der Waals surface area contributed by atoms with Crippen molar-refractivity contribution in [1.29, 1.82) is 0 Å². The molecule has 0 unspecified atom stereocenters. The highest BCUT2D eigenvalue weighted by molar-refractivity contribution is 7.89. The number of nitro benzene ring substituents is 1. The summed E-state index contributed by atoms with van der Waals surface area (Å²) in [4.78, 5) is 9.77. The summed E-state index contributed by atoms with van der Waals surface area (Å²) < 4.78 is 26.8. The summed E-state index contributed by atoms with van der Waals surface area (Å²) in [7, 11) is -3.82. The van der Waals surface area contributed by atoms with E-state index in [2.05, 4.69) is 4.72 Å². The zero-order valence-electron chi connectivity index (χ0n) is 10.2. The first-order chi connectivity index (χ1) is 8.79. The Labute approximate surface area is 116 Å². The van der Waals surface area contributed by atoms with Crippen molar-refractivity contribution in [2.45, 2.75) is 30.7 Å². The van der Waals surface area contributed by atoms with E-state index < -0.39 is 14.9 Å². The zero-order valence-corrected chi connectivity index (χ0v) is 11.7. The van der Waals surface area contributed by atoms with E-state index in [1.54, 1.807) is 0 Å². The Bertz CT molecular complexity index is 611. The molecule has 1 N–H and O–H groups in total. The molecule has 0 amide bonds. The average Bonchev–Trinajstić information content (AvgIpc) is 2.26. The fourth-order valence-electron chi connectivity index (χ4n) is 2.09. The predicted octanol–water partition coefficient (Wildman–Crippen LogP) is 2.33. The lowest BCUT2D eigenvalue weighted by Gasteiger charge is -2.32. The van der Waals surface area contributed by atoms with Gasteiger partial charge in [-0.25, -0.2) is 13.1 Å². The van der Waals surface area contributed by atoms with Crippen molar-refractivity contribution in [3.63, 3.8) is 0 Å². The molecule has 2 rings (SSSR count). The molecule has 1 saturated carbocycles. The fraction of sp³-hybridized carbons (Fsp3) is 0.455. The summed E-state index contributed by atoms with van der Waals surface area (Å²) in [6.45, 7) is 2.03. The van der Waals surface area contributed by atoms with Crippen LogP contribution in [0, 0.1) is 16.0 Å². The maximum Gasteiger partial charge on any atom is 0.270 e. The minimum atomic E-state index is -3.82. The molecule has 0 radical (unpaired) electrons. The molecule has 1 aliphatic rings. The molecule has 0 spiro atoms. The second-order valence-electron chi connectivity index (χ2n) is 4.77. The van der Waals surface area contributed by atoms with Crippen LogP contribution in [0.1, 0.15) is 19.8 Å². The number of hydrogen-bond acceptors (Lipinski definition) is 4. The summed E-state index contributed by atoms with van der Waals surface area (Å²) in [5.41, 5.74) is -0.299. The Morgan fingerprint density at radius 1 is 1.42 bits per heavy atom. The van der Waals surface area contributed by atoms with Crippen LogP contribution in [0.15, 0.2) is 23.1 Å². The van der Waals surface area contributed by atoms with Crippen molar-refractivity contribution in [3.05, 3.63) is 33.3 Å². The molecule has 1 aliphatic carbocycles. The molecule has 1 aromatic rings. The molecule has 1 fully saturated rings. The SMILES string of the molecule is CC1CC(NS(=O)(=O)c2cc([N+](=O)[O-])ccc2Cl)C1. The van der Waals surface area contributed by atoms with Crippen LogP contribution in [0.5, 0.6) is 0 Å². The Morgan fingerprint density at radius 3 is 2.58 bits per heavy atom. The van der Waals surface area contributed by atoms with Gasteiger partial charge in [0.2, 0.25) is 10.0 Å². The van der Waals surface area contributed by atoms with Crippen LogP contribution >= 0.6 is 11.6 Å². The van der Waals surface area contributed by atoms with Crippen LogP contribution in [0.25, 0.3) is 0 Å². The van der Waals surface area contributed by atoms with Gasteiger partial charge in [-0.2, -0.15) is 0 Å². The Hall–Kier alpha value is -1.18. The van der Waals surface area contributed by atoms with Crippen molar-refractivity contribution in [2.75, 3.05) is 0 Å². The molecule has 0 aromatic heterocycles. The molecule has 0 saturated heterocycles. The van der Waals surface area contributed by atoms with Gasteiger partial charge in [0.25, 0.3) is 5.69 Å². The van der Waals surface area contributed by atoms with Crippen LogP contribution in [0.2, 0.25) is 5.02 Å². The van der Waals surface area contributed by atoms with Crippen molar-refractivity contribution < 1.29 is 13.3 Å². The van der Waals surface area contributed by atoms with Gasteiger partial charge in [0.1, 0.15) is 4.90 Å². The van der Waals surface area contributed by atoms with Crippen molar-refractivity contribution in [3.8, 4) is 0 Å². The van der Waals surface area contributed by atoms with Gasteiger partial charge in [0.15, 0.2) is 0 Å². The van der Waals surface area contributed by atoms with E-state index in [4.69, 9.17) is 11.6 Å². The van der Waals surface area contributed by atoms with E-state index in [0.29, 0.717) is 5.92 Å². The number of rotatable bonds is 4. The Morgan fingerprint density at radius 2 is 2.05 bits per heavy atom. The van der Waals surface area contributed by atoms with E-state index in [0.717, 1.165) is 18.9 Å². The van der Waals surface area contributed by atoms with Crippen LogP contribution < -0.4 is 4.72 Å². The number of non-ortho nitro benzene ring substituents is 1. The number of nitrogens with zero attached hydrogens (tertiary/aromatic N) is 1. The molecular weight excluding hydrogens is 292 g/mol. The molecule has 0 aliphatic heterocycles. The lowest BCUT2D eigenvalue weighted by atomic mass is 9.83. The maximum absolute atomic E-state index is 12.1. The van der Waals surface area contributed by atoms with Crippen molar-refractivity contribution in [1.82, 2.24) is 4.72 Å². The topological polar surface area (TPSA) is 89.3 Å². The van der Waals surface area contributed by atoms with Crippen LogP contribution in [0.4, 0.5) is 5.69 Å². The van der Waals surface area contributed by atoms with Gasteiger partial charge in [0, 0.05) is 18.2 Å². The monoisotopic (exact) mass is 304 g/mol. The first kappa shape index (κ1) is 14.2. The average molecular weight is 305 g/mol. The van der Waals surface area contributed by atoms with Crippen molar-refractivity contribution in [2.24, 2.45) is 5.92 Å². The third-order valence-electron chi connectivity index (χ3n) is 3.11. The lowest BCUT2D eigenvalue weighted by Crippen LogP contribution is -2.43. The summed E-state index contributed by atoms with van der Waals surface area (Å²) in [5.74, 6) is 0.494. The van der Waals surface area contributed by atoms with Crippen LogP contribution in [-0.4, -0.2) is 19.4 Å². The molecule has 8 heteroatoms.